The number of aromatic amines is 1. The van der Waals surface area contributed by atoms with Gasteiger partial charge in [0.05, 0.1) is 0 Å². The van der Waals surface area contributed by atoms with Crippen LogP contribution in [0.3, 0.4) is 0 Å². The SMILES string of the molecule is c1ccc2c(c1)[nH]c1cc3c(cc12)sc1cc(-c2ccc(-c4cccc5c4oc4ccccc45)cc2)ccc13. The van der Waals surface area contributed by atoms with E-state index in [0.29, 0.717) is 0 Å². The molecule has 0 radical (unpaired) electrons. The molecule has 0 spiro atoms. The summed E-state index contributed by atoms with van der Waals surface area (Å²) < 4.78 is 8.92. The second kappa shape index (κ2) is 7.83. The van der Waals surface area contributed by atoms with Crippen molar-refractivity contribution in [3.05, 3.63) is 121 Å². The van der Waals surface area contributed by atoms with Crippen LogP contribution in [-0.2, 0) is 0 Å². The number of benzene rings is 6. The fourth-order valence-corrected chi connectivity index (χ4v) is 7.28. The van der Waals surface area contributed by atoms with Gasteiger partial charge in [-0.25, -0.2) is 0 Å². The minimum Gasteiger partial charge on any atom is -0.455 e. The van der Waals surface area contributed by atoms with Crippen LogP contribution in [0.5, 0.6) is 0 Å². The van der Waals surface area contributed by atoms with E-state index in [2.05, 4.69) is 114 Å². The summed E-state index contributed by atoms with van der Waals surface area (Å²) in [5.74, 6) is 0. The Morgan fingerprint density at radius 3 is 2.13 bits per heavy atom. The molecule has 9 aromatic rings. The van der Waals surface area contributed by atoms with Crippen LogP contribution in [-0.4, -0.2) is 4.98 Å². The van der Waals surface area contributed by atoms with Crippen LogP contribution in [0.2, 0.25) is 0 Å². The van der Waals surface area contributed by atoms with E-state index in [0.717, 1.165) is 33.1 Å². The Labute approximate surface area is 227 Å². The molecule has 3 heteroatoms. The Balaban J connectivity index is 1.13. The van der Waals surface area contributed by atoms with Crippen LogP contribution in [0.1, 0.15) is 0 Å². The first kappa shape index (κ1) is 21.1. The molecule has 0 fully saturated rings. The molecule has 0 aliphatic rings. The van der Waals surface area contributed by atoms with Crippen LogP contribution in [0, 0.1) is 0 Å². The molecule has 0 amide bonds. The summed E-state index contributed by atoms with van der Waals surface area (Å²) in [6.45, 7) is 0. The van der Waals surface area contributed by atoms with Crippen molar-refractivity contribution < 1.29 is 4.42 Å². The highest BCUT2D eigenvalue weighted by molar-refractivity contribution is 7.25. The maximum Gasteiger partial charge on any atom is 0.143 e. The molecule has 0 saturated heterocycles. The van der Waals surface area contributed by atoms with Crippen LogP contribution < -0.4 is 0 Å². The van der Waals surface area contributed by atoms with Crippen molar-refractivity contribution >= 4 is 75.3 Å². The summed E-state index contributed by atoms with van der Waals surface area (Å²) in [6.07, 6.45) is 0. The van der Waals surface area contributed by atoms with Crippen LogP contribution in [0.15, 0.2) is 126 Å². The first-order chi connectivity index (χ1) is 19.3. The molecule has 0 atom stereocenters. The lowest BCUT2D eigenvalue weighted by molar-refractivity contribution is 0.670. The number of thiophene rings is 1. The average Bonchev–Trinajstić information content (AvgIpc) is 3.66. The smallest absolute Gasteiger partial charge is 0.143 e. The number of rotatable bonds is 2. The number of para-hydroxylation sites is 3. The fraction of sp³-hybridized carbons (Fsp3) is 0. The Bertz CT molecular complexity index is 2380. The Hall–Kier alpha value is -4.86. The van der Waals surface area contributed by atoms with E-state index >= 15 is 0 Å². The first-order valence-electron chi connectivity index (χ1n) is 13.2. The lowest BCUT2D eigenvalue weighted by Crippen LogP contribution is -1.81. The van der Waals surface area contributed by atoms with Gasteiger partial charge in [-0.1, -0.05) is 91.0 Å². The molecule has 0 aliphatic heterocycles. The molecule has 0 aliphatic carbocycles. The van der Waals surface area contributed by atoms with E-state index < -0.39 is 0 Å². The van der Waals surface area contributed by atoms with Gasteiger partial charge in [0.25, 0.3) is 0 Å². The molecule has 1 N–H and O–H groups in total. The minimum atomic E-state index is 0.929. The van der Waals surface area contributed by atoms with Crippen molar-refractivity contribution in [1.29, 1.82) is 0 Å². The molecular formula is C36H21NOS. The van der Waals surface area contributed by atoms with E-state index in [1.807, 2.05) is 23.5 Å². The zero-order valence-electron chi connectivity index (χ0n) is 20.9. The number of H-pyrrole nitrogens is 1. The van der Waals surface area contributed by atoms with E-state index in [4.69, 9.17) is 4.42 Å². The first-order valence-corrected chi connectivity index (χ1v) is 14.0. The Kier molecular flexibility index (Phi) is 4.24. The van der Waals surface area contributed by atoms with Crippen molar-refractivity contribution in [1.82, 2.24) is 4.98 Å². The third-order valence-electron chi connectivity index (χ3n) is 8.03. The Morgan fingerprint density at radius 2 is 1.21 bits per heavy atom. The number of nitrogens with one attached hydrogen (secondary N) is 1. The summed E-state index contributed by atoms with van der Waals surface area (Å²) in [6, 6.07) is 43.6. The van der Waals surface area contributed by atoms with Crippen LogP contribution in [0.25, 0.3) is 86.2 Å². The standard InChI is InChI=1S/C36H21NOS/c1-3-10-31-25(6-1)29-20-35-30(19-32(29)37-31)27-17-16-23(18-34(27)39-35)21-12-14-22(15-13-21)24-8-5-9-28-26-7-2-4-11-33(26)38-36(24)28/h1-20,37H. The molecule has 0 saturated carbocycles. The summed E-state index contributed by atoms with van der Waals surface area (Å²) in [7, 11) is 0. The molecule has 3 heterocycles. The van der Waals surface area contributed by atoms with Gasteiger partial charge < -0.3 is 9.40 Å². The molecule has 2 nitrogen and oxygen atoms in total. The van der Waals surface area contributed by atoms with Gasteiger partial charge in [0, 0.05) is 58.3 Å². The van der Waals surface area contributed by atoms with Crippen molar-refractivity contribution in [2.45, 2.75) is 0 Å². The highest BCUT2D eigenvalue weighted by Gasteiger charge is 2.13. The third kappa shape index (κ3) is 3.08. The van der Waals surface area contributed by atoms with Gasteiger partial charge in [-0.15, -0.1) is 11.3 Å². The highest BCUT2D eigenvalue weighted by Crippen LogP contribution is 2.41. The predicted octanol–water partition coefficient (Wildman–Crippen LogP) is 10.9. The van der Waals surface area contributed by atoms with Crippen molar-refractivity contribution in [2.75, 3.05) is 0 Å². The maximum atomic E-state index is 6.28. The summed E-state index contributed by atoms with van der Waals surface area (Å²) in [5, 5.41) is 7.52. The van der Waals surface area contributed by atoms with Gasteiger partial charge in [-0.05, 0) is 47.0 Å². The zero-order chi connectivity index (χ0) is 25.5. The summed E-state index contributed by atoms with van der Waals surface area (Å²) in [4.78, 5) is 3.60. The third-order valence-corrected chi connectivity index (χ3v) is 9.15. The van der Waals surface area contributed by atoms with Gasteiger partial charge >= 0.3 is 0 Å². The molecule has 3 aromatic heterocycles. The second-order valence-electron chi connectivity index (χ2n) is 10.2. The number of furan rings is 1. The van der Waals surface area contributed by atoms with E-state index in [9.17, 15) is 0 Å². The predicted molar refractivity (Wildman–Crippen MR) is 167 cm³/mol. The Morgan fingerprint density at radius 1 is 0.462 bits per heavy atom. The van der Waals surface area contributed by atoms with E-state index in [1.165, 1.54) is 53.1 Å². The molecular weight excluding hydrogens is 494 g/mol. The summed E-state index contributed by atoms with van der Waals surface area (Å²) in [5.41, 5.74) is 9.00. The maximum absolute atomic E-state index is 6.28. The second-order valence-corrected chi connectivity index (χ2v) is 11.3. The van der Waals surface area contributed by atoms with Crippen molar-refractivity contribution in [3.8, 4) is 22.3 Å². The quantitative estimate of drug-likeness (QED) is 0.244. The van der Waals surface area contributed by atoms with Crippen molar-refractivity contribution in [2.24, 2.45) is 0 Å². The van der Waals surface area contributed by atoms with Gasteiger partial charge in [0.1, 0.15) is 11.2 Å². The molecule has 0 unspecified atom stereocenters. The van der Waals surface area contributed by atoms with Gasteiger partial charge in [0.2, 0.25) is 0 Å². The van der Waals surface area contributed by atoms with E-state index in [-0.39, 0.29) is 0 Å². The lowest BCUT2D eigenvalue weighted by atomic mass is 9.98. The average molecular weight is 516 g/mol. The van der Waals surface area contributed by atoms with Crippen molar-refractivity contribution in [3.63, 3.8) is 0 Å². The molecule has 0 bridgehead atoms. The van der Waals surface area contributed by atoms with Gasteiger partial charge in [-0.2, -0.15) is 0 Å². The minimum absolute atomic E-state index is 0.929. The highest BCUT2D eigenvalue weighted by atomic mass is 32.1. The van der Waals surface area contributed by atoms with Crippen LogP contribution >= 0.6 is 11.3 Å². The van der Waals surface area contributed by atoms with Gasteiger partial charge in [0.15, 0.2) is 0 Å². The lowest BCUT2D eigenvalue weighted by Gasteiger charge is -2.06. The molecule has 182 valence electrons. The topological polar surface area (TPSA) is 28.9 Å². The van der Waals surface area contributed by atoms with E-state index in [1.54, 1.807) is 0 Å². The molecule has 9 rings (SSSR count). The zero-order valence-corrected chi connectivity index (χ0v) is 21.7. The summed E-state index contributed by atoms with van der Waals surface area (Å²) >= 11 is 1.87. The number of aromatic nitrogens is 1. The molecule has 39 heavy (non-hydrogen) atoms. The monoisotopic (exact) mass is 515 g/mol. The number of fused-ring (bicyclic) bond motifs is 9. The molecule has 6 aromatic carbocycles. The van der Waals surface area contributed by atoms with Gasteiger partial charge in [-0.3, -0.25) is 0 Å². The number of hydrogen-bond acceptors (Lipinski definition) is 2. The number of hydrogen-bond donors (Lipinski definition) is 1. The largest absolute Gasteiger partial charge is 0.455 e. The normalized spacial score (nSPS) is 12.1. The van der Waals surface area contributed by atoms with Crippen LogP contribution in [0.4, 0.5) is 0 Å². The fourth-order valence-electron chi connectivity index (χ4n) is 6.12.